The lowest BCUT2D eigenvalue weighted by molar-refractivity contribution is 0.108. The van der Waals surface area contributed by atoms with Gasteiger partial charge in [-0.1, -0.05) is 28.1 Å². The molecule has 0 amide bonds. The van der Waals surface area contributed by atoms with Crippen LogP contribution in [-0.2, 0) is 10.0 Å². The van der Waals surface area contributed by atoms with Gasteiger partial charge < -0.3 is 5.11 Å². The summed E-state index contributed by atoms with van der Waals surface area (Å²) in [5.74, 6) is 0. The second-order valence-corrected chi connectivity index (χ2v) is 7.29. The van der Waals surface area contributed by atoms with Gasteiger partial charge in [-0.15, -0.1) is 0 Å². The lowest BCUT2D eigenvalue weighted by atomic mass is 10.1. The number of benzene rings is 1. The first-order chi connectivity index (χ1) is 8.97. The predicted octanol–water partition coefficient (Wildman–Crippen LogP) is 2.21. The number of hydrogen-bond acceptors (Lipinski definition) is 3. The maximum atomic E-state index is 12.1. The average Bonchev–Trinajstić information content (AvgIpc) is 2.37. The Morgan fingerprint density at radius 1 is 1.42 bits per heavy atom. The largest absolute Gasteiger partial charge is 0.392 e. The van der Waals surface area contributed by atoms with E-state index in [0.29, 0.717) is 19.4 Å². The van der Waals surface area contributed by atoms with Gasteiger partial charge in [0, 0.05) is 23.0 Å². The first kappa shape index (κ1) is 14.7. The van der Waals surface area contributed by atoms with Crippen LogP contribution < -0.4 is 0 Å². The number of β-amino-alcohol motifs (C(OH)–C–C–N with tert-alkyl or cyclic N) is 1. The van der Waals surface area contributed by atoms with Crippen molar-refractivity contribution in [1.29, 1.82) is 0 Å². The van der Waals surface area contributed by atoms with E-state index in [0.717, 1.165) is 10.0 Å². The van der Waals surface area contributed by atoms with Gasteiger partial charge >= 0.3 is 0 Å². The third-order valence-corrected chi connectivity index (χ3v) is 5.02. The van der Waals surface area contributed by atoms with Crippen molar-refractivity contribution in [3.8, 4) is 0 Å². The number of sulfonamides is 1. The van der Waals surface area contributed by atoms with E-state index in [4.69, 9.17) is 0 Å². The highest BCUT2D eigenvalue weighted by Gasteiger charge is 2.25. The summed E-state index contributed by atoms with van der Waals surface area (Å²) in [6.45, 7) is 0.660. The molecule has 104 valence electrons. The zero-order chi connectivity index (χ0) is 13.9. The van der Waals surface area contributed by atoms with Gasteiger partial charge in [-0.2, -0.15) is 4.31 Å². The fraction of sp³-hybridized carbons (Fsp3) is 0.385. The molecule has 1 unspecified atom stereocenters. The fourth-order valence-electron chi connectivity index (χ4n) is 2.01. The van der Waals surface area contributed by atoms with Crippen molar-refractivity contribution in [2.75, 3.05) is 13.1 Å². The summed E-state index contributed by atoms with van der Waals surface area (Å²) >= 11 is 3.34. The van der Waals surface area contributed by atoms with E-state index >= 15 is 0 Å². The van der Waals surface area contributed by atoms with Gasteiger partial charge in [0.1, 0.15) is 0 Å². The van der Waals surface area contributed by atoms with Gasteiger partial charge in [0.05, 0.1) is 6.10 Å². The lowest BCUT2D eigenvalue weighted by Gasteiger charge is -2.27. The van der Waals surface area contributed by atoms with Gasteiger partial charge in [0.15, 0.2) is 0 Å². The second-order valence-electron chi connectivity index (χ2n) is 4.56. The molecule has 1 aromatic carbocycles. The normalized spacial score (nSPS) is 21.9. The molecule has 1 atom stereocenters. The van der Waals surface area contributed by atoms with Crippen molar-refractivity contribution in [1.82, 2.24) is 4.31 Å². The first-order valence-corrected chi connectivity index (χ1v) is 8.39. The monoisotopic (exact) mass is 345 g/mol. The van der Waals surface area contributed by atoms with E-state index in [-0.39, 0.29) is 6.54 Å². The molecule has 19 heavy (non-hydrogen) atoms. The Labute approximate surface area is 121 Å². The maximum absolute atomic E-state index is 12.1. The molecule has 0 bridgehead atoms. The zero-order valence-electron chi connectivity index (χ0n) is 10.4. The fourth-order valence-corrected chi connectivity index (χ4v) is 3.69. The Hall–Kier alpha value is -0.690. The van der Waals surface area contributed by atoms with E-state index in [1.54, 1.807) is 6.08 Å². The van der Waals surface area contributed by atoms with Gasteiger partial charge in [-0.3, -0.25) is 0 Å². The van der Waals surface area contributed by atoms with E-state index in [2.05, 4.69) is 15.9 Å². The van der Waals surface area contributed by atoms with Crippen LogP contribution >= 0.6 is 15.9 Å². The molecule has 0 spiro atoms. The third-order valence-electron chi connectivity index (χ3n) is 3.00. The number of aliphatic hydroxyl groups excluding tert-OH is 1. The van der Waals surface area contributed by atoms with E-state index < -0.39 is 16.1 Å². The summed E-state index contributed by atoms with van der Waals surface area (Å²) < 4.78 is 26.4. The molecular weight excluding hydrogens is 330 g/mol. The Kier molecular flexibility index (Phi) is 4.78. The highest BCUT2D eigenvalue weighted by Crippen LogP contribution is 2.17. The summed E-state index contributed by atoms with van der Waals surface area (Å²) in [5, 5.41) is 10.7. The summed E-state index contributed by atoms with van der Waals surface area (Å²) in [7, 11) is -3.45. The molecule has 1 aromatic rings. The molecule has 0 radical (unpaired) electrons. The van der Waals surface area contributed by atoms with Crippen LogP contribution in [0.3, 0.4) is 0 Å². The smallest absolute Gasteiger partial charge is 0.236 e. The Bertz CT molecular complexity index is 571. The molecule has 1 aliphatic heterocycles. The number of rotatable bonds is 3. The van der Waals surface area contributed by atoms with E-state index in [9.17, 15) is 13.5 Å². The second kappa shape index (κ2) is 6.17. The maximum Gasteiger partial charge on any atom is 0.236 e. The van der Waals surface area contributed by atoms with Crippen LogP contribution in [0.4, 0.5) is 0 Å². The molecule has 1 N–H and O–H groups in total. The molecule has 1 fully saturated rings. The summed E-state index contributed by atoms with van der Waals surface area (Å²) in [4.78, 5) is 0. The molecular formula is C13H16BrNO3S. The minimum atomic E-state index is -3.45. The summed E-state index contributed by atoms with van der Waals surface area (Å²) in [6, 6.07) is 7.41. The Balaban J connectivity index is 2.12. The number of piperidine rings is 1. The van der Waals surface area contributed by atoms with Crippen molar-refractivity contribution < 1.29 is 13.5 Å². The van der Waals surface area contributed by atoms with Crippen LogP contribution in [-0.4, -0.2) is 37.0 Å². The average molecular weight is 346 g/mol. The molecule has 1 aliphatic rings. The molecule has 1 heterocycles. The molecule has 6 heteroatoms. The minimum Gasteiger partial charge on any atom is -0.392 e. The summed E-state index contributed by atoms with van der Waals surface area (Å²) in [6.07, 6.45) is 2.39. The number of hydrogen-bond donors (Lipinski definition) is 1. The zero-order valence-corrected chi connectivity index (χ0v) is 12.8. The standard InChI is InChI=1S/C13H16BrNO3S/c14-12-4-1-3-11(9-12)6-8-19(17,18)15-7-2-5-13(16)10-15/h1,3-4,6,8-9,13,16H,2,5,7,10H2/b8-6+. The number of aliphatic hydroxyl groups is 1. The molecule has 1 saturated heterocycles. The highest BCUT2D eigenvalue weighted by molar-refractivity contribution is 9.10. The lowest BCUT2D eigenvalue weighted by Crippen LogP contribution is -2.41. The van der Waals surface area contributed by atoms with Crippen LogP contribution in [0.5, 0.6) is 0 Å². The van der Waals surface area contributed by atoms with Gasteiger partial charge in [0.2, 0.25) is 10.0 Å². The predicted molar refractivity (Wildman–Crippen MR) is 78.9 cm³/mol. The Morgan fingerprint density at radius 2 is 2.21 bits per heavy atom. The van der Waals surface area contributed by atoms with Crippen LogP contribution in [0.2, 0.25) is 0 Å². The van der Waals surface area contributed by atoms with Crippen molar-refractivity contribution in [3.05, 3.63) is 39.7 Å². The quantitative estimate of drug-likeness (QED) is 0.913. The highest BCUT2D eigenvalue weighted by atomic mass is 79.9. The van der Waals surface area contributed by atoms with Gasteiger partial charge in [-0.25, -0.2) is 8.42 Å². The SMILES string of the molecule is O=S(=O)(/C=C/c1cccc(Br)c1)N1CCCC(O)C1. The van der Waals surface area contributed by atoms with Crippen molar-refractivity contribution >= 4 is 32.0 Å². The molecule has 4 nitrogen and oxygen atoms in total. The summed E-state index contributed by atoms with van der Waals surface area (Å²) in [5.41, 5.74) is 0.815. The van der Waals surface area contributed by atoms with Gasteiger partial charge in [0.25, 0.3) is 0 Å². The van der Waals surface area contributed by atoms with Gasteiger partial charge in [-0.05, 0) is 36.6 Å². The van der Waals surface area contributed by atoms with Crippen LogP contribution in [0.1, 0.15) is 18.4 Å². The van der Waals surface area contributed by atoms with E-state index in [1.165, 1.54) is 9.71 Å². The van der Waals surface area contributed by atoms with Crippen molar-refractivity contribution in [2.24, 2.45) is 0 Å². The molecule has 0 aromatic heterocycles. The van der Waals surface area contributed by atoms with Crippen LogP contribution in [0.15, 0.2) is 34.1 Å². The number of halogens is 1. The van der Waals surface area contributed by atoms with Crippen molar-refractivity contribution in [3.63, 3.8) is 0 Å². The van der Waals surface area contributed by atoms with Crippen LogP contribution in [0, 0.1) is 0 Å². The third kappa shape index (κ3) is 4.14. The van der Waals surface area contributed by atoms with E-state index in [1.807, 2.05) is 24.3 Å². The Morgan fingerprint density at radius 3 is 2.89 bits per heavy atom. The van der Waals surface area contributed by atoms with Crippen molar-refractivity contribution in [2.45, 2.75) is 18.9 Å². The molecule has 0 aliphatic carbocycles. The minimum absolute atomic E-state index is 0.186. The first-order valence-electron chi connectivity index (χ1n) is 6.09. The topological polar surface area (TPSA) is 57.6 Å². The molecule has 0 saturated carbocycles. The van der Waals surface area contributed by atoms with Crippen LogP contribution in [0.25, 0.3) is 6.08 Å². The number of nitrogens with zero attached hydrogens (tertiary/aromatic N) is 1. The molecule has 2 rings (SSSR count).